The Bertz CT molecular complexity index is 1180. The molecular formula is C23H19N3O3S. The van der Waals surface area contributed by atoms with Crippen LogP contribution in [0.2, 0.25) is 0 Å². The van der Waals surface area contributed by atoms with Crippen molar-refractivity contribution in [1.29, 1.82) is 0 Å². The molecule has 0 saturated heterocycles. The van der Waals surface area contributed by atoms with E-state index in [-0.39, 0.29) is 17.6 Å². The first-order valence-corrected chi connectivity index (χ1v) is 10.1. The van der Waals surface area contributed by atoms with Crippen molar-refractivity contribution in [2.45, 2.75) is 13.8 Å². The van der Waals surface area contributed by atoms with Crippen LogP contribution in [0, 0.1) is 6.92 Å². The summed E-state index contributed by atoms with van der Waals surface area (Å²) < 4.78 is 5.10. The SMILES string of the molecule is CC(=O)Nc1ccc(-c2nc(-c3ccc(NC(=O)c4ccco4)cc3)sc2C)cc1. The van der Waals surface area contributed by atoms with Crippen LogP contribution in [-0.4, -0.2) is 16.8 Å². The molecule has 2 aromatic heterocycles. The van der Waals surface area contributed by atoms with E-state index in [0.29, 0.717) is 5.69 Å². The lowest BCUT2D eigenvalue weighted by molar-refractivity contribution is -0.114. The van der Waals surface area contributed by atoms with Crippen LogP contribution < -0.4 is 10.6 Å². The predicted octanol–water partition coefficient (Wildman–Crippen LogP) is 5.59. The Morgan fingerprint density at radius 3 is 2.13 bits per heavy atom. The fraction of sp³-hybridized carbons (Fsp3) is 0.0870. The quantitative estimate of drug-likeness (QED) is 0.443. The highest BCUT2D eigenvalue weighted by Crippen LogP contribution is 2.34. The molecule has 0 spiro atoms. The minimum Gasteiger partial charge on any atom is -0.459 e. The molecule has 2 aromatic carbocycles. The number of nitrogens with zero attached hydrogens (tertiary/aromatic N) is 1. The number of anilines is 2. The lowest BCUT2D eigenvalue weighted by Gasteiger charge is -2.04. The summed E-state index contributed by atoms with van der Waals surface area (Å²) >= 11 is 1.61. The maximum absolute atomic E-state index is 12.1. The van der Waals surface area contributed by atoms with Crippen LogP contribution in [-0.2, 0) is 4.79 Å². The van der Waals surface area contributed by atoms with Crippen LogP contribution in [0.1, 0.15) is 22.4 Å². The molecular weight excluding hydrogens is 398 g/mol. The summed E-state index contributed by atoms with van der Waals surface area (Å²) in [5, 5.41) is 6.47. The van der Waals surface area contributed by atoms with Gasteiger partial charge in [-0.1, -0.05) is 12.1 Å². The van der Waals surface area contributed by atoms with Gasteiger partial charge in [0, 0.05) is 34.3 Å². The third-order valence-corrected chi connectivity index (χ3v) is 5.43. The van der Waals surface area contributed by atoms with Crippen molar-refractivity contribution in [1.82, 2.24) is 4.98 Å². The topological polar surface area (TPSA) is 84.2 Å². The van der Waals surface area contributed by atoms with Crippen molar-refractivity contribution in [3.8, 4) is 21.8 Å². The van der Waals surface area contributed by atoms with E-state index in [9.17, 15) is 9.59 Å². The van der Waals surface area contributed by atoms with Crippen molar-refractivity contribution >= 4 is 34.5 Å². The Hall–Kier alpha value is -3.71. The number of benzene rings is 2. The van der Waals surface area contributed by atoms with E-state index in [4.69, 9.17) is 9.40 Å². The molecule has 0 bridgehead atoms. The number of rotatable bonds is 5. The molecule has 2 N–H and O–H groups in total. The number of carbonyl (C=O) groups is 2. The lowest BCUT2D eigenvalue weighted by Crippen LogP contribution is -2.10. The molecule has 0 aliphatic heterocycles. The zero-order valence-electron chi connectivity index (χ0n) is 16.4. The van der Waals surface area contributed by atoms with Gasteiger partial charge in [0.15, 0.2) is 5.76 Å². The Labute approximate surface area is 177 Å². The molecule has 0 aliphatic carbocycles. The average molecular weight is 417 g/mol. The lowest BCUT2D eigenvalue weighted by atomic mass is 10.1. The van der Waals surface area contributed by atoms with Gasteiger partial charge in [-0.2, -0.15) is 0 Å². The van der Waals surface area contributed by atoms with E-state index in [1.165, 1.54) is 13.2 Å². The van der Waals surface area contributed by atoms with Crippen molar-refractivity contribution < 1.29 is 14.0 Å². The summed E-state index contributed by atoms with van der Waals surface area (Å²) in [6, 6.07) is 18.5. The van der Waals surface area contributed by atoms with Crippen LogP contribution in [0.4, 0.5) is 11.4 Å². The fourth-order valence-corrected chi connectivity index (χ4v) is 3.94. The van der Waals surface area contributed by atoms with Gasteiger partial charge in [-0.05, 0) is 55.5 Å². The number of thiazole rings is 1. The molecule has 150 valence electrons. The number of nitrogens with one attached hydrogen (secondary N) is 2. The maximum Gasteiger partial charge on any atom is 0.291 e. The predicted molar refractivity (Wildman–Crippen MR) is 119 cm³/mol. The van der Waals surface area contributed by atoms with Crippen molar-refractivity contribution in [3.63, 3.8) is 0 Å². The molecule has 4 rings (SSSR count). The van der Waals surface area contributed by atoms with Gasteiger partial charge in [0.25, 0.3) is 5.91 Å². The van der Waals surface area contributed by atoms with Crippen LogP contribution in [0.25, 0.3) is 21.8 Å². The number of amides is 2. The number of furan rings is 1. The summed E-state index contributed by atoms with van der Waals surface area (Å²) in [5.41, 5.74) is 4.32. The minimum atomic E-state index is -0.289. The molecule has 0 atom stereocenters. The van der Waals surface area contributed by atoms with E-state index < -0.39 is 0 Å². The Morgan fingerprint density at radius 1 is 0.900 bits per heavy atom. The van der Waals surface area contributed by atoms with E-state index in [0.717, 1.165) is 32.4 Å². The van der Waals surface area contributed by atoms with Gasteiger partial charge < -0.3 is 15.1 Å². The fourth-order valence-electron chi connectivity index (χ4n) is 3.00. The zero-order chi connectivity index (χ0) is 21.1. The van der Waals surface area contributed by atoms with Crippen LogP contribution in [0.15, 0.2) is 71.3 Å². The van der Waals surface area contributed by atoms with Crippen molar-refractivity contribution in [3.05, 3.63) is 77.6 Å². The van der Waals surface area contributed by atoms with Crippen molar-refractivity contribution in [2.75, 3.05) is 10.6 Å². The summed E-state index contributed by atoms with van der Waals surface area (Å²) in [7, 11) is 0. The maximum atomic E-state index is 12.1. The first kappa shape index (κ1) is 19.6. The summed E-state index contributed by atoms with van der Waals surface area (Å²) in [5.74, 6) is -0.120. The van der Waals surface area contributed by atoms with Gasteiger partial charge in [-0.3, -0.25) is 9.59 Å². The number of hydrogen-bond acceptors (Lipinski definition) is 5. The first-order chi connectivity index (χ1) is 14.5. The highest BCUT2D eigenvalue weighted by atomic mass is 32.1. The molecule has 0 radical (unpaired) electrons. The van der Waals surface area contributed by atoms with E-state index in [1.807, 2.05) is 55.5 Å². The number of carbonyl (C=O) groups excluding carboxylic acids is 2. The van der Waals surface area contributed by atoms with Crippen LogP contribution >= 0.6 is 11.3 Å². The van der Waals surface area contributed by atoms with Gasteiger partial charge in [-0.25, -0.2) is 4.98 Å². The Kier molecular flexibility index (Phi) is 5.45. The second-order valence-corrected chi connectivity index (χ2v) is 7.89. The number of aryl methyl sites for hydroxylation is 1. The minimum absolute atomic E-state index is 0.0985. The van der Waals surface area contributed by atoms with Gasteiger partial charge in [0.05, 0.1) is 12.0 Å². The Morgan fingerprint density at radius 2 is 1.53 bits per heavy atom. The molecule has 4 aromatic rings. The average Bonchev–Trinajstić information content (AvgIpc) is 3.39. The zero-order valence-corrected chi connectivity index (χ0v) is 17.2. The van der Waals surface area contributed by atoms with Gasteiger partial charge in [0.2, 0.25) is 5.91 Å². The van der Waals surface area contributed by atoms with E-state index >= 15 is 0 Å². The molecule has 30 heavy (non-hydrogen) atoms. The number of hydrogen-bond donors (Lipinski definition) is 2. The third-order valence-electron chi connectivity index (χ3n) is 4.41. The van der Waals surface area contributed by atoms with Gasteiger partial charge in [-0.15, -0.1) is 11.3 Å². The second kappa shape index (κ2) is 8.34. The highest BCUT2D eigenvalue weighted by Gasteiger charge is 2.13. The monoisotopic (exact) mass is 417 g/mol. The third kappa shape index (κ3) is 4.31. The van der Waals surface area contributed by atoms with Gasteiger partial charge in [0.1, 0.15) is 5.01 Å². The molecule has 2 amide bonds. The largest absolute Gasteiger partial charge is 0.459 e. The van der Waals surface area contributed by atoms with Crippen LogP contribution in [0.5, 0.6) is 0 Å². The standard InChI is InChI=1S/C23H19N3O3S/c1-14-21(16-5-9-18(10-6-16)24-15(2)27)26-23(30-14)17-7-11-19(12-8-17)25-22(28)20-4-3-13-29-20/h3-13H,1-2H3,(H,24,27)(H,25,28). The molecule has 6 nitrogen and oxygen atoms in total. The second-order valence-electron chi connectivity index (χ2n) is 6.69. The molecule has 0 aliphatic rings. The summed E-state index contributed by atoms with van der Waals surface area (Å²) in [6.07, 6.45) is 1.47. The normalized spacial score (nSPS) is 10.6. The van der Waals surface area contributed by atoms with E-state index in [2.05, 4.69) is 10.6 Å². The molecule has 0 saturated carbocycles. The molecule has 7 heteroatoms. The van der Waals surface area contributed by atoms with Crippen molar-refractivity contribution in [2.24, 2.45) is 0 Å². The van der Waals surface area contributed by atoms with Crippen LogP contribution in [0.3, 0.4) is 0 Å². The Balaban J connectivity index is 1.51. The van der Waals surface area contributed by atoms with E-state index in [1.54, 1.807) is 23.5 Å². The smallest absolute Gasteiger partial charge is 0.291 e. The number of aromatic nitrogens is 1. The molecule has 0 unspecified atom stereocenters. The summed E-state index contributed by atoms with van der Waals surface area (Å²) in [4.78, 5) is 29.2. The molecule has 0 fully saturated rings. The molecule has 2 heterocycles. The van der Waals surface area contributed by atoms with Gasteiger partial charge >= 0.3 is 0 Å². The summed E-state index contributed by atoms with van der Waals surface area (Å²) in [6.45, 7) is 3.52. The first-order valence-electron chi connectivity index (χ1n) is 9.30. The highest BCUT2D eigenvalue weighted by molar-refractivity contribution is 7.15.